The Balaban J connectivity index is 2.46. The van der Waals surface area contributed by atoms with E-state index in [1.165, 1.54) is 6.42 Å². The third-order valence-electron chi connectivity index (χ3n) is 3.83. The molecular formula is C14H29N3O. The highest BCUT2D eigenvalue weighted by atomic mass is 16.2. The smallest absolute Gasteiger partial charge is 0.239 e. The van der Waals surface area contributed by atoms with Crippen LogP contribution in [0.4, 0.5) is 0 Å². The quantitative estimate of drug-likeness (QED) is 0.805. The van der Waals surface area contributed by atoms with E-state index in [2.05, 4.69) is 29.0 Å². The van der Waals surface area contributed by atoms with Crippen LogP contribution in [0, 0.1) is 0 Å². The molecule has 3 atom stereocenters. The van der Waals surface area contributed by atoms with Gasteiger partial charge in [-0.3, -0.25) is 4.79 Å². The molecule has 0 aliphatic carbocycles. The minimum absolute atomic E-state index is 0.0760. The van der Waals surface area contributed by atoms with Gasteiger partial charge in [0.15, 0.2) is 0 Å². The molecule has 1 fully saturated rings. The maximum absolute atomic E-state index is 12.4. The number of hydrogen-bond donors (Lipinski definition) is 1. The van der Waals surface area contributed by atoms with Crippen LogP contribution in [0.15, 0.2) is 0 Å². The zero-order valence-corrected chi connectivity index (χ0v) is 12.6. The summed E-state index contributed by atoms with van der Waals surface area (Å²) in [5, 5.41) is 3.32. The maximum atomic E-state index is 12.4. The van der Waals surface area contributed by atoms with Gasteiger partial charge in [-0.2, -0.15) is 0 Å². The molecule has 0 aromatic carbocycles. The van der Waals surface area contributed by atoms with Crippen LogP contribution in [-0.2, 0) is 4.79 Å². The molecule has 106 valence electrons. The summed E-state index contributed by atoms with van der Waals surface area (Å²) in [4.78, 5) is 16.6. The minimum atomic E-state index is -0.0760. The average Bonchev–Trinajstić information content (AvgIpc) is 2.27. The van der Waals surface area contributed by atoms with E-state index in [9.17, 15) is 4.79 Å². The van der Waals surface area contributed by atoms with Gasteiger partial charge < -0.3 is 15.1 Å². The van der Waals surface area contributed by atoms with Gasteiger partial charge in [0.25, 0.3) is 0 Å². The summed E-state index contributed by atoms with van der Waals surface area (Å²) >= 11 is 0. The second kappa shape index (κ2) is 7.10. The molecule has 0 bridgehead atoms. The fraction of sp³-hybridized carbons (Fsp3) is 0.929. The molecule has 0 radical (unpaired) electrons. The van der Waals surface area contributed by atoms with Crippen molar-refractivity contribution < 1.29 is 4.79 Å². The lowest BCUT2D eigenvalue weighted by Crippen LogP contribution is -2.54. The fourth-order valence-corrected chi connectivity index (χ4v) is 2.67. The van der Waals surface area contributed by atoms with E-state index >= 15 is 0 Å². The van der Waals surface area contributed by atoms with Crippen LogP contribution in [0.25, 0.3) is 0 Å². The van der Waals surface area contributed by atoms with E-state index in [4.69, 9.17) is 0 Å². The number of carbonyl (C=O) groups is 1. The molecule has 1 saturated heterocycles. The van der Waals surface area contributed by atoms with E-state index in [1.807, 2.05) is 21.0 Å². The first kappa shape index (κ1) is 15.4. The standard InChI is InChI=1S/C14H29N3O/c1-11-7-6-8-12(2)17(11)14(18)13(3)15-9-10-16(4)5/h11-13,15H,6-10H2,1-5H3/t11-,12+,13-/m1/s1. The van der Waals surface area contributed by atoms with Crippen molar-refractivity contribution in [2.24, 2.45) is 0 Å². The lowest BCUT2D eigenvalue weighted by molar-refractivity contribution is -0.139. The second-order valence-corrected chi connectivity index (χ2v) is 5.85. The maximum Gasteiger partial charge on any atom is 0.239 e. The van der Waals surface area contributed by atoms with Crippen LogP contribution in [0.3, 0.4) is 0 Å². The highest BCUT2D eigenvalue weighted by molar-refractivity contribution is 5.82. The van der Waals surface area contributed by atoms with Gasteiger partial charge in [-0.15, -0.1) is 0 Å². The first-order chi connectivity index (χ1) is 8.43. The van der Waals surface area contributed by atoms with Crippen molar-refractivity contribution in [3.63, 3.8) is 0 Å². The Bertz CT molecular complexity index is 258. The molecule has 1 aliphatic heterocycles. The number of rotatable bonds is 5. The normalized spacial score (nSPS) is 26.4. The monoisotopic (exact) mass is 255 g/mol. The van der Waals surface area contributed by atoms with Crippen LogP contribution in [-0.4, -0.2) is 61.0 Å². The molecule has 1 aliphatic rings. The zero-order chi connectivity index (χ0) is 13.7. The average molecular weight is 255 g/mol. The number of nitrogens with zero attached hydrogens (tertiary/aromatic N) is 2. The van der Waals surface area contributed by atoms with Crippen molar-refractivity contribution in [2.75, 3.05) is 27.2 Å². The van der Waals surface area contributed by atoms with Gasteiger partial charge in [0.05, 0.1) is 6.04 Å². The summed E-state index contributed by atoms with van der Waals surface area (Å²) in [5.41, 5.74) is 0. The summed E-state index contributed by atoms with van der Waals surface area (Å²) in [6.45, 7) is 8.13. The lowest BCUT2D eigenvalue weighted by atomic mass is 9.96. The SMILES string of the molecule is C[C@@H]1CCC[C@H](C)N1C(=O)[C@@H](C)NCCN(C)C. The van der Waals surface area contributed by atoms with Gasteiger partial charge in [-0.1, -0.05) is 0 Å². The van der Waals surface area contributed by atoms with E-state index in [-0.39, 0.29) is 11.9 Å². The largest absolute Gasteiger partial charge is 0.336 e. The molecule has 1 N–H and O–H groups in total. The summed E-state index contributed by atoms with van der Waals surface area (Å²) < 4.78 is 0. The van der Waals surface area contributed by atoms with E-state index in [0.29, 0.717) is 12.1 Å². The van der Waals surface area contributed by atoms with Crippen LogP contribution in [0.2, 0.25) is 0 Å². The van der Waals surface area contributed by atoms with Crippen LogP contribution < -0.4 is 5.32 Å². The predicted molar refractivity (Wildman–Crippen MR) is 75.6 cm³/mol. The number of likely N-dealkylation sites (N-methyl/N-ethyl adjacent to an activating group) is 1. The Labute approximate surface area is 112 Å². The Morgan fingerprint density at radius 1 is 1.33 bits per heavy atom. The van der Waals surface area contributed by atoms with E-state index in [0.717, 1.165) is 25.9 Å². The van der Waals surface area contributed by atoms with Gasteiger partial charge in [-0.25, -0.2) is 0 Å². The number of nitrogens with one attached hydrogen (secondary N) is 1. The molecule has 1 heterocycles. The number of carbonyl (C=O) groups excluding carboxylic acids is 1. The summed E-state index contributed by atoms with van der Waals surface area (Å²) in [6, 6.07) is 0.701. The summed E-state index contributed by atoms with van der Waals surface area (Å²) in [5.74, 6) is 0.258. The second-order valence-electron chi connectivity index (χ2n) is 5.85. The molecule has 1 rings (SSSR count). The van der Waals surface area contributed by atoms with Crippen molar-refractivity contribution in [1.82, 2.24) is 15.1 Å². The van der Waals surface area contributed by atoms with Gasteiger partial charge in [-0.05, 0) is 54.1 Å². The first-order valence-corrected chi connectivity index (χ1v) is 7.13. The van der Waals surface area contributed by atoms with Crippen molar-refractivity contribution in [3.05, 3.63) is 0 Å². The van der Waals surface area contributed by atoms with Crippen LogP contribution in [0.5, 0.6) is 0 Å². The molecule has 4 heteroatoms. The minimum Gasteiger partial charge on any atom is -0.336 e. The van der Waals surface area contributed by atoms with Gasteiger partial charge in [0.1, 0.15) is 0 Å². The Kier molecular flexibility index (Phi) is 6.09. The lowest BCUT2D eigenvalue weighted by Gasteiger charge is -2.40. The van der Waals surface area contributed by atoms with Gasteiger partial charge in [0, 0.05) is 25.2 Å². The highest BCUT2D eigenvalue weighted by Gasteiger charge is 2.31. The molecule has 0 aromatic heterocycles. The molecular weight excluding hydrogens is 226 g/mol. The summed E-state index contributed by atoms with van der Waals surface area (Å²) in [6.07, 6.45) is 3.52. The third-order valence-corrected chi connectivity index (χ3v) is 3.83. The number of piperidine rings is 1. The molecule has 1 amide bonds. The highest BCUT2D eigenvalue weighted by Crippen LogP contribution is 2.23. The van der Waals surface area contributed by atoms with Gasteiger partial charge in [0.2, 0.25) is 5.91 Å². The van der Waals surface area contributed by atoms with Gasteiger partial charge >= 0.3 is 0 Å². The molecule has 0 unspecified atom stereocenters. The topological polar surface area (TPSA) is 35.6 Å². The summed E-state index contributed by atoms with van der Waals surface area (Å²) in [7, 11) is 4.09. The Morgan fingerprint density at radius 3 is 2.39 bits per heavy atom. The number of likely N-dealkylation sites (tertiary alicyclic amines) is 1. The van der Waals surface area contributed by atoms with Crippen LogP contribution in [0.1, 0.15) is 40.0 Å². The molecule has 0 saturated carbocycles. The number of hydrogen-bond acceptors (Lipinski definition) is 3. The van der Waals surface area contributed by atoms with Crippen LogP contribution >= 0.6 is 0 Å². The van der Waals surface area contributed by atoms with E-state index < -0.39 is 0 Å². The molecule has 18 heavy (non-hydrogen) atoms. The third kappa shape index (κ3) is 4.25. The Morgan fingerprint density at radius 2 is 1.89 bits per heavy atom. The van der Waals surface area contributed by atoms with E-state index in [1.54, 1.807) is 0 Å². The van der Waals surface area contributed by atoms with Crippen molar-refractivity contribution in [2.45, 2.75) is 58.2 Å². The van der Waals surface area contributed by atoms with Crippen molar-refractivity contribution in [1.29, 1.82) is 0 Å². The molecule has 4 nitrogen and oxygen atoms in total. The fourth-order valence-electron chi connectivity index (χ4n) is 2.67. The predicted octanol–water partition coefficient (Wildman–Crippen LogP) is 1.32. The van der Waals surface area contributed by atoms with Crippen molar-refractivity contribution >= 4 is 5.91 Å². The first-order valence-electron chi connectivity index (χ1n) is 7.13. The Hall–Kier alpha value is -0.610. The zero-order valence-electron chi connectivity index (χ0n) is 12.6. The van der Waals surface area contributed by atoms with Crippen molar-refractivity contribution in [3.8, 4) is 0 Å². The number of amides is 1. The molecule has 0 aromatic rings. The molecule has 0 spiro atoms.